The molecule has 0 bridgehead atoms. The van der Waals surface area contributed by atoms with Gasteiger partial charge in [0.15, 0.2) is 0 Å². The van der Waals surface area contributed by atoms with Crippen LogP contribution in [0.4, 0.5) is 0 Å². The molecular weight excluding hydrogens is 378 g/mol. The molecule has 23 heavy (non-hydrogen) atoms. The van der Waals surface area contributed by atoms with Crippen molar-refractivity contribution in [2.45, 2.75) is 17.4 Å². The molecule has 2 aliphatic rings. The highest BCUT2D eigenvalue weighted by Gasteiger charge is 2.31. The molecule has 130 valence electrons. The molecule has 1 aromatic rings. The van der Waals surface area contributed by atoms with E-state index < -0.39 is 10.0 Å². The SMILES string of the molecule is Cl.O=C(NC1CCNC1)c1sccc1S(=O)(=O)N1CCSCC1. The summed E-state index contributed by atoms with van der Waals surface area (Å²) in [7, 11) is -3.57. The number of thioether (sulfide) groups is 1. The molecule has 1 unspecified atom stereocenters. The van der Waals surface area contributed by atoms with Gasteiger partial charge in [0.05, 0.1) is 0 Å². The van der Waals surface area contributed by atoms with Crippen molar-refractivity contribution in [3.63, 3.8) is 0 Å². The molecule has 2 N–H and O–H groups in total. The van der Waals surface area contributed by atoms with Crippen LogP contribution in [-0.2, 0) is 10.0 Å². The standard InChI is InChI=1S/C13H19N3O3S3.ClH/c17-13(15-10-1-3-14-9-10)12-11(2-6-21-12)22(18,19)16-4-7-20-8-5-16;/h2,6,10,14H,1,3-5,7-9H2,(H,15,17);1H. The van der Waals surface area contributed by atoms with E-state index >= 15 is 0 Å². The van der Waals surface area contributed by atoms with Gasteiger partial charge in [-0.3, -0.25) is 4.79 Å². The Labute approximate surface area is 150 Å². The van der Waals surface area contributed by atoms with Crippen molar-refractivity contribution in [2.75, 3.05) is 37.7 Å². The van der Waals surface area contributed by atoms with Gasteiger partial charge >= 0.3 is 0 Å². The van der Waals surface area contributed by atoms with Crippen molar-refractivity contribution in [2.24, 2.45) is 0 Å². The van der Waals surface area contributed by atoms with E-state index in [0.29, 0.717) is 18.0 Å². The number of hydrogen-bond acceptors (Lipinski definition) is 6. The van der Waals surface area contributed by atoms with Crippen LogP contribution in [0.3, 0.4) is 0 Å². The third kappa shape index (κ3) is 4.21. The number of nitrogens with zero attached hydrogens (tertiary/aromatic N) is 1. The molecule has 10 heteroatoms. The van der Waals surface area contributed by atoms with Crippen LogP contribution in [0.25, 0.3) is 0 Å². The maximum absolute atomic E-state index is 12.7. The zero-order valence-electron chi connectivity index (χ0n) is 12.5. The van der Waals surface area contributed by atoms with Gasteiger partial charge in [-0.1, -0.05) is 0 Å². The Morgan fingerprint density at radius 2 is 2.09 bits per heavy atom. The van der Waals surface area contributed by atoms with Gasteiger partial charge in [0, 0.05) is 37.2 Å². The lowest BCUT2D eigenvalue weighted by molar-refractivity contribution is 0.0941. The van der Waals surface area contributed by atoms with Crippen molar-refractivity contribution in [1.82, 2.24) is 14.9 Å². The summed E-state index contributed by atoms with van der Waals surface area (Å²) in [6, 6.07) is 1.63. The minimum Gasteiger partial charge on any atom is -0.347 e. The predicted octanol–water partition coefficient (Wildman–Crippen LogP) is 0.999. The monoisotopic (exact) mass is 397 g/mol. The van der Waals surface area contributed by atoms with Crippen LogP contribution in [0.1, 0.15) is 16.1 Å². The third-order valence-electron chi connectivity index (χ3n) is 3.82. The molecule has 6 nitrogen and oxygen atoms in total. The van der Waals surface area contributed by atoms with Gasteiger partial charge in [0.25, 0.3) is 5.91 Å². The van der Waals surface area contributed by atoms with Crippen molar-refractivity contribution in [3.8, 4) is 0 Å². The molecule has 1 amide bonds. The van der Waals surface area contributed by atoms with Crippen LogP contribution in [-0.4, -0.2) is 62.4 Å². The highest BCUT2D eigenvalue weighted by atomic mass is 35.5. The van der Waals surface area contributed by atoms with E-state index in [1.54, 1.807) is 23.2 Å². The summed E-state index contributed by atoms with van der Waals surface area (Å²) in [5.41, 5.74) is 0. The van der Waals surface area contributed by atoms with Crippen LogP contribution in [0.15, 0.2) is 16.3 Å². The number of nitrogens with one attached hydrogen (secondary N) is 2. The van der Waals surface area contributed by atoms with Gasteiger partial charge in [-0.15, -0.1) is 23.7 Å². The highest BCUT2D eigenvalue weighted by molar-refractivity contribution is 7.99. The Morgan fingerprint density at radius 1 is 1.35 bits per heavy atom. The fourth-order valence-corrected chi connectivity index (χ4v) is 6.50. The van der Waals surface area contributed by atoms with Crippen LogP contribution in [0.5, 0.6) is 0 Å². The lowest BCUT2D eigenvalue weighted by Gasteiger charge is -2.25. The fourth-order valence-electron chi connectivity index (χ4n) is 2.62. The Hall–Kier alpha value is -0.320. The van der Waals surface area contributed by atoms with Crippen molar-refractivity contribution < 1.29 is 13.2 Å². The Bertz CT molecular complexity index is 638. The predicted molar refractivity (Wildman–Crippen MR) is 96.4 cm³/mol. The largest absolute Gasteiger partial charge is 0.347 e. The second-order valence-electron chi connectivity index (χ2n) is 5.29. The van der Waals surface area contributed by atoms with Gasteiger partial charge in [-0.25, -0.2) is 8.42 Å². The smallest absolute Gasteiger partial charge is 0.263 e. The summed E-state index contributed by atoms with van der Waals surface area (Å²) in [6.45, 7) is 2.64. The average molecular weight is 398 g/mol. The van der Waals surface area contributed by atoms with Gasteiger partial charge in [0.2, 0.25) is 10.0 Å². The molecule has 0 radical (unpaired) electrons. The van der Waals surface area contributed by atoms with E-state index in [1.165, 1.54) is 15.6 Å². The first kappa shape index (κ1) is 19.0. The zero-order valence-corrected chi connectivity index (χ0v) is 15.8. The number of sulfonamides is 1. The van der Waals surface area contributed by atoms with E-state index in [1.807, 2.05) is 0 Å². The summed E-state index contributed by atoms with van der Waals surface area (Å²) in [5.74, 6) is 1.32. The summed E-state index contributed by atoms with van der Waals surface area (Å²) in [6.07, 6.45) is 0.878. The second kappa shape index (κ2) is 8.17. The van der Waals surface area contributed by atoms with Crippen LogP contribution in [0.2, 0.25) is 0 Å². The summed E-state index contributed by atoms with van der Waals surface area (Å²) in [5, 5.41) is 7.77. The van der Waals surface area contributed by atoms with Crippen molar-refractivity contribution in [1.29, 1.82) is 0 Å². The Kier molecular flexibility index (Phi) is 6.76. The van der Waals surface area contributed by atoms with Crippen LogP contribution in [0, 0.1) is 0 Å². The number of amides is 1. The zero-order chi connectivity index (χ0) is 15.6. The Balaban J connectivity index is 0.00000192. The van der Waals surface area contributed by atoms with E-state index in [-0.39, 0.29) is 29.3 Å². The molecule has 2 saturated heterocycles. The number of carbonyl (C=O) groups excluding carboxylic acids is 1. The summed E-state index contributed by atoms with van der Waals surface area (Å²) in [4.78, 5) is 12.8. The number of halogens is 1. The first-order chi connectivity index (χ1) is 10.6. The van der Waals surface area contributed by atoms with Gasteiger partial charge in [0.1, 0.15) is 9.77 Å². The van der Waals surface area contributed by atoms with E-state index in [4.69, 9.17) is 0 Å². The summed E-state index contributed by atoms with van der Waals surface area (Å²) < 4.78 is 27.0. The number of thiophene rings is 1. The van der Waals surface area contributed by atoms with Crippen molar-refractivity contribution in [3.05, 3.63) is 16.3 Å². The molecule has 2 fully saturated rings. The molecule has 0 spiro atoms. The van der Waals surface area contributed by atoms with Gasteiger partial charge in [-0.2, -0.15) is 16.1 Å². The van der Waals surface area contributed by atoms with Gasteiger partial charge in [-0.05, 0) is 24.4 Å². The molecule has 0 aromatic carbocycles. The fraction of sp³-hybridized carbons (Fsp3) is 0.615. The summed E-state index contributed by atoms with van der Waals surface area (Å²) >= 11 is 2.94. The maximum atomic E-state index is 12.7. The molecule has 0 aliphatic carbocycles. The van der Waals surface area contributed by atoms with E-state index in [9.17, 15) is 13.2 Å². The normalized spacial score (nSPS) is 22.5. The molecular formula is C13H20ClN3O3S3. The quantitative estimate of drug-likeness (QED) is 0.792. The molecule has 0 saturated carbocycles. The molecule has 3 heterocycles. The minimum atomic E-state index is -3.57. The van der Waals surface area contributed by atoms with Gasteiger partial charge < -0.3 is 10.6 Å². The average Bonchev–Trinajstić information content (AvgIpc) is 3.19. The first-order valence-electron chi connectivity index (χ1n) is 7.26. The number of rotatable bonds is 4. The lowest BCUT2D eigenvalue weighted by Crippen LogP contribution is -2.39. The second-order valence-corrected chi connectivity index (χ2v) is 9.34. The first-order valence-corrected chi connectivity index (χ1v) is 10.7. The van der Waals surface area contributed by atoms with Crippen LogP contribution < -0.4 is 10.6 Å². The highest BCUT2D eigenvalue weighted by Crippen LogP contribution is 2.27. The third-order valence-corrected chi connectivity index (χ3v) is 7.74. The van der Waals surface area contributed by atoms with E-state index in [2.05, 4.69) is 10.6 Å². The van der Waals surface area contributed by atoms with Crippen molar-refractivity contribution >= 4 is 51.4 Å². The van der Waals surface area contributed by atoms with E-state index in [0.717, 1.165) is 31.0 Å². The lowest BCUT2D eigenvalue weighted by atomic mass is 10.2. The topological polar surface area (TPSA) is 78.5 Å². The maximum Gasteiger partial charge on any atom is 0.263 e. The Morgan fingerprint density at radius 3 is 2.74 bits per heavy atom. The number of hydrogen-bond donors (Lipinski definition) is 2. The number of carbonyl (C=O) groups is 1. The van der Waals surface area contributed by atoms with Crippen LogP contribution >= 0.6 is 35.5 Å². The molecule has 2 aliphatic heterocycles. The molecule has 1 atom stereocenters. The minimum absolute atomic E-state index is 0. The molecule has 3 rings (SSSR count). The molecule has 1 aromatic heterocycles.